The molecular formula is C28H34N6OS. The third-order valence-corrected chi connectivity index (χ3v) is 9.08. The zero-order valence-corrected chi connectivity index (χ0v) is 21.9. The summed E-state index contributed by atoms with van der Waals surface area (Å²) in [5.74, 6) is 1.88. The van der Waals surface area contributed by atoms with Gasteiger partial charge in [-0.15, -0.1) is 11.3 Å². The van der Waals surface area contributed by atoms with E-state index in [4.69, 9.17) is 14.7 Å². The van der Waals surface area contributed by atoms with Crippen molar-refractivity contribution >= 4 is 27.9 Å². The van der Waals surface area contributed by atoms with Gasteiger partial charge in [0.1, 0.15) is 10.8 Å². The summed E-state index contributed by atoms with van der Waals surface area (Å²) in [4.78, 5) is 13.3. The Kier molecular flexibility index (Phi) is 6.63. The molecule has 2 fully saturated rings. The molecule has 8 heteroatoms. The molecule has 188 valence electrons. The van der Waals surface area contributed by atoms with Crippen LogP contribution >= 0.6 is 11.3 Å². The highest BCUT2D eigenvalue weighted by Gasteiger charge is 2.24. The fraction of sp³-hybridized carbons (Fsp3) is 0.464. The quantitative estimate of drug-likeness (QED) is 0.327. The molecule has 1 aliphatic heterocycles. The molecule has 4 heterocycles. The molecular weight excluding hydrogens is 468 g/mol. The minimum Gasteiger partial charge on any atom is -0.497 e. The molecule has 2 unspecified atom stereocenters. The second-order valence-corrected chi connectivity index (χ2v) is 11.3. The first-order valence-corrected chi connectivity index (χ1v) is 13.9. The number of piperidine rings is 1. The van der Waals surface area contributed by atoms with Gasteiger partial charge in [-0.1, -0.05) is 13.3 Å². The Bertz CT molecular complexity index is 1310. The highest BCUT2D eigenvalue weighted by atomic mass is 32.1. The highest BCUT2D eigenvalue weighted by Crippen LogP contribution is 2.37. The van der Waals surface area contributed by atoms with Gasteiger partial charge < -0.3 is 15.0 Å². The van der Waals surface area contributed by atoms with Crippen LogP contribution in [0.25, 0.3) is 21.5 Å². The van der Waals surface area contributed by atoms with Gasteiger partial charge in [0.25, 0.3) is 0 Å². The summed E-state index contributed by atoms with van der Waals surface area (Å²) >= 11 is 1.71. The zero-order valence-electron chi connectivity index (χ0n) is 21.0. The largest absolute Gasteiger partial charge is 0.497 e. The maximum Gasteiger partial charge on any atom is 0.124 e. The van der Waals surface area contributed by atoms with Crippen molar-refractivity contribution < 1.29 is 4.74 Å². The maximum absolute atomic E-state index is 5.49. The molecule has 2 atom stereocenters. The fourth-order valence-corrected chi connectivity index (χ4v) is 6.34. The smallest absolute Gasteiger partial charge is 0.124 e. The SMILES string of the molecule is COc1cc(-c2ncc(C(C)c3ccc(N4CCCC(NCC5CCC5)C4)cn3)s2)c2cn[nH]c2c1. The van der Waals surface area contributed by atoms with E-state index in [1.54, 1.807) is 18.4 Å². The molecule has 2 N–H and O–H groups in total. The summed E-state index contributed by atoms with van der Waals surface area (Å²) in [6.07, 6.45) is 12.6. The van der Waals surface area contributed by atoms with Crippen LogP contribution in [-0.4, -0.2) is 53.0 Å². The number of hydrogen-bond acceptors (Lipinski definition) is 7. The number of benzene rings is 1. The van der Waals surface area contributed by atoms with Crippen molar-refractivity contribution in [2.45, 2.75) is 51.0 Å². The van der Waals surface area contributed by atoms with E-state index in [0.29, 0.717) is 6.04 Å². The van der Waals surface area contributed by atoms with Crippen molar-refractivity contribution in [1.82, 2.24) is 25.5 Å². The maximum atomic E-state index is 5.49. The van der Waals surface area contributed by atoms with Crippen LogP contribution in [0.5, 0.6) is 5.75 Å². The zero-order chi connectivity index (χ0) is 24.5. The van der Waals surface area contributed by atoms with E-state index >= 15 is 0 Å². The van der Waals surface area contributed by atoms with E-state index in [1.807, 2.05) is 24.5 Å². The summed E-state index contributed by atoms with van der Waals surface area (Å²) < 4.78 is 5.49. The number of aromatic nitrogens is 4. The van der Waals surface area contributed by atoms with Crippen LogP contribution in [0.4, 0.5) is 5.69 Å². The average Bonchev–Trinajstić information content (AvgIpc) is 3.57. The number of nitrogens with one attached hydrogen (secondary N) is 2. The van der Waals surface area contributed by atoms with Crippen molar-refractivity contribution in [2.24, 2.45) is 5.92 Å². The van der Waals surface area contributed by atoms with E-state index in [0.717, 1.165) is 51.9 Å². The number of pyridine rings is 1. The number of fused-ring (bicyclic) bond motifs is 1. The standard InChI is InChI=1S/C28H34N6OS/c1-18(27-16-31-28(36-27)23-11-22(35-2)12-26-24(23)15-32-33-26)25-9-8-21(14-30-25)34-10-4-7-20(17-34)29-13-19-5-3-6-19/h8-9,11-12,14-16,18-20,29H,3-7,10,13,17H2,1-2H3,(H,32,33). The third kappa shape index (κ3) is 4.72. The lowest BCUT2D eigenvalue weighted by Gasteiger charge is -2.36. The Morgan fingerprint density at radius 1 is 1.14 bits per heavy atom. The van der Waals surface area contributed by atoms with Gasteiger partial charge in [0.15, 0.2) is 0 Å². The van der Waals surface area contributed by atoms with Crippen molar-refractivity contribution in [1.29, 1.82) is 0 Å². The summed E-state index contributed by atoms with van der Waals surface area (Å²) in [6, 6.07) is 9.01. The molecule has 0 amide bonds. The Morgan fingerprint density at radius 2 is 2.06 bits per heavy atom. The molecule has 2 aliphatic rings. The highest BCUT2D eigenvalue weighted by molar-refractivity contribution is 7.15. The molecule has 0 radical (unpaired) electrons. The van der Waals surface area contributed by atoms with E-state index < -0.39 is 0 Å². The number of nitrogens with zero attached hydrogens (tertiary/aromatic N) is 4. The molecule has 6 rings (SSSR count). The van der Waals surface area contributed by atoms with Crippen LogP contribution in [-0.2, 0) is 0 Å². The first-order chi connectivity index (χ1) is 17.7. The molecule has 36 heavy (non-hydrogen) atoms. The van der Waals surface area contributed by atoms with E-state index in [1.165, 1.54) is 49.2 Å². The summed E-state index contributed by atoms with van der Waals surface area (Å²) in [5, 5.41) is 13.1. The Balaban J connectivity index is 1.15. The second kappa shape index (κ2) is 10.2. The van der Waals surface area contributed by atoms with E-state index in [-0.39, 0.29) is 5.92 Å². The number of hydrogen-bond donors (Lipinski definition) is 2. The van der Waals surface area contributed by atoms with Gasteiger partial charge in [-0.2, -0.15) is 5.10 Å². The molecule has 1 saturated heterocycles. The lowest BCUT2D eigenvalue weighted by Crippen LogP contribution is -2.47. The van der Waals surface area contributed by atoms with Crippen LogP contribution < -0.4 is 15.0 Å². The minimum atomic E-state index is 0.175. The number of anilines is 1. The van der Waals surface area contributed by atoms with Gasteiger partial charge in [0, 0.05) is 58.8 Å². The number of ether oxygens (including phenoxy) is 1. The molecule has 0 spiro atoms. The van der Waals surface area contributed by atoms with Crippen LogP contribution in [0, 0.1) is 5.92 Å². The van der Waals surface area contributed by atoms with Crippen molar-refractivity contribution in [3.63, 3.8) is 0 Å². The first kappa shape index (κ1) is 23.4. The van der Waals surface area contributed by atoms with Gasteiger partial charge in [0.05, 0.1) is 30.7 Å². The lowest BCUT2D eigenvalue weighted by atomic mass is 9.85. The van der Waals surface area contributed by atoms with E-state index in [9.17, 15) is 0 Å². The number of thiazole rings is 1. The summed E-state index contributed by atoms with van der Waals surface area (Å²) in [7, 11) is 1.68. The molecule has 0 bridgehead atoms. The fourth-order valence-electron chi connectivity index (χ4n) is 5.33. The number of rotatable bonds is 8. The van der Waals surface area contributed by atoms with Gasteiger partial charge >= 0.3 is 0 Å². The summed E-state index contributed by atoms with van der Waals surface area (Å²) in [5.41, 5.74) is 4.29. The van der Waals surface area contributed by atoms with Gasteiger partial charge in [-0.25, -0.2) is 4.98 Å². The Labute approximate surface area is 216 Å². The minimum absolute atomic E-state index is 0.175. The second-order valence-electron chi connectivity index (χ2n) is 10.2. The van der Waals surface area contributed by atoms with Crippen LogP contribution in [0.3, 0.4) is 0 Å². The topological polar surface area (TPSA) is 79.0 Å². The van der Waals surface area contributed by atoms with E-state index in [2.05, 4.69) is 45.7 Å². The number of aromatic amines is 1. The predicted octanol–water partition coefficient (Wildman–Crippen LogP) is 5.60. The average molecular weight is 503 g/mol. The molecule has 1 saturated carbocycles. The first-order valence-electron chi connectivity index (χ1n) is 13.1. The number of H-pyrrole nitrogens is 1. The Morgan fingerprint density at radius 3 is 2.83 bits per heavy atom. The molecule has 3 aromatic heterocycles. The Hall–Kier alpha value is -2.97. The molecule has 1 aliphatic carbocycles. The molecule has 7 nitrogen and oxygen atoms in total. The predicted molar refractivity (Wildman–Crippen MR) is 146 cm³/mol. The third-order valence-electron chi connectivity index (χ3n) is 7.87. The van der Waals surface area contributed by atoms with Crippen molar-refractivity contribution in [3.05, 3.63) is 53.4 Å². The molecule has 1 aromatic carbocycles. The normalized spacial score (nSPS) is 19.4. The van der Waals surface area contributed by atoms with Gasteiger partial charge in [0.2, 0.25) is 0 Å². The van der Waals surface area contributed by atoms with Gasteiger partial charge in [-0.05, 0) is 56.3 Å². The van der Waals surface area contributed by atoms with Crippen molar-refractivity contribution in [3.8, 4) is 16.3 Å². The van der Waals surface area contributed by atoms with Crippen LogP contribution in [0.1, 0.15) is 55.5 Å². The summed E-state index contributed by atoms with van der Waals surface area (Å²) in [6.45, 7) is 5.58. The van der Waals surface area contributed by atoms with Crippen LogP contribution in [0.2, 0.25) is 0 Å². The van der Waals surface area contributed by atoms with Crippen LogP contribution in [0.15, 0.2) is 42.9 Å². The lowest BCUT2D eigenvalue weighted by molar-refractivity contribution is 0.280. The van der Waals surface area contributed by atoms with Gasteiger partial charge in [-0.3, -0.25) is 10.1 Å². The number of methoxy groups -OCH3 is 1. The van der Waals surface area contributed by atoms with Crippen molar-refractivity contribution in [2.75, 3.05) is 31.6 Å². The molecule has 4 aromatic rings. The monoisotopic (exact) mass is 502 g/mol.